The first kappa shape index (κ1) is 54.6. The van der Waals surface area contributed by atoms with Crippen LogP contribution in [0.15, 0.2) is 73.2 Å². The number of hydrogen-bond acceptors (Lipinski definition) is 7. The normalized spacial score (nSPS) is 27.8. The largest absolute Gasteiger partial charge is 0.508 e. The van der Waals surface area contributed by atoms with Crippen LogP contribution < -0.4 is 10.6 Å². The van der Waals surface area contributed by atoms with E-state index in [0.29, 0.717) is 109 Å². The summed E-state index contributed by atoms with van der Waals surface area (Å²) in [5.74, 6) is 5.54. The van der Waals surface area contributed by atoms with Crippen LogP contribution in [0.1, 0.15) is 192 Å². The summed E-state index contributed by atoms with van der Waals surface area (Å²) < 4.78 is 0. The van der Waals surface area contributed by atoms with Gasteiger partial charge in [0.2, 0.25) is 11.8 Å². The number of amides is 2. The first-order valence-corrected chi connectivity index (χ1v) is 29.9. The Morgan fingerprint density at radius 1 is 0.701 bits per heavy atom. The Morgan fingerprint density at radius 2 is 1.26 bits per heavy atom. The van der Waals surface area contributed by atoms with Gasteiger partial charge in [0.1, 0.15) is 23.1 Å². The Balaban J connectivity index is 0.000000176. The van der Waals surface area contributed by atoms with E-state index in [1.165, 1.54) is 44.3 Å². The van der Waals surface area contributed by atoms with E-state index in [1.807, 2.05) is 24.3 Å². The van der Waals surface area contributed by atoms with E-state index in [4.69, 9.17) is 0 Å². The van der Waals surface area contributed by atoms with Gasteiger partial charge in [-0.05, 0) is 219 Å². The van der Waals surface area contributed by atoms with E-state index in [1.54, 1.807) is 12.4 Å². The Morgan fingerprint density at radius 3 is 1.79 bits per heavy atom. The van der Waals surface area contributed by atoms with Gasteiger partial charge in [-0.15, -0.1) is 0 Å². The van der Waals surface area contributed by atoms with Gasteiger partial charge >= 0.3 is 0 Å². The summed E-state index contributed by atoms with van der Waals surface area (Å²) in [5, 5.41) is 28.5. The van der Waals surface area contributed by atoms with Crippen LogP contribution in [0.4, 0.5) is 0 Å². The van der Waals surface area contributed by atoms with Crippen LogP contribution in [0.25, 0.3) is 10.9 Å². The highest BCUT2D eigenvalue weighted by molar-refractivity contribution is 5.89. The molecule has 0 bridgehead atoms. The number of fused-ring (bicyclic) bond motifs is 11. The number of aromatic nitrogens is 2. The standard InChI is InChI=1S/C36H46N2O3.C31H40N2O3/c1-4-7-24-18-30-23(19-31(24)39)12-13-29-28(30)14-16-36(3)32(40)20-25(34(29)36)9-6-11-33(41)37-17-15-26-21-38-35-22(2)8-5-10-27(26)35;1-3-6-22-15-26-21(16-27(22)34)10-11-25-24(26)12-13-31(2)28(35)17-23(30(25)31)8-4-9-29(36)33-19-20-7-5-14-32-18-20/h5,8,10,18-19,21,25,28-29,34,38-39H,4,6-7,9,11-17,20H2,1-3H3,(H,37,41);5,7,14-16,18,23-25,30,34H,3-4,6,8-13,17,19H2,1-2H3,(H,33,36)/t25-,28?,29?,34?,36-;23-,24?,25?,30?,31-/m11/s1. The van der Waals surface area contributed by atoms with E-state index >= 15 is 0 Å². The molecule has 11 rings (SSSR count). The van der Waals surface area contributed by atoms with Crippen LogP contribution in [-0.4, -0.2) is 50.1 Å². The highest BCUT2D eigenvalue weighted by Crippen LogP contribution is 2.64. The second-order valence-corrected chi connectivity index (χ2v) is 25.0. The van der Waals surface area contributed by atoms with Crippen molar-refractivity contribution < 1.29 is 29.4 Å². The van der Waals surface area contributed by atoms with E-state index in [-0.39, 0.29) is 22.6 Å². The summed E-state index contributed by atoms with van der Waals surface area (Å²) in [6, 6.07) is 18.8. The zero-order chi connectivity index (χ0) is 54.0. The molecule has 5 aromatic rings. The quantitative estimate of drug-likeness (QED) is 0.0619. The third-order valence-corrected chi connectivity index (χ3v) is 20.5. The van der Waals surface area contributed by atoms with Crippen molar-refractivity contribution >= 4 is 34.3 Å². The number of para-hydroxylation sites is 1. The van der Waals surface area contributed by atoms with Crippen molar-refractivity contribution in [2.45, 2.75) is 188 Å². The fourth-order valence-corrected chi connectivity index (χ4v) is 16.7. The van der Waals surface area contributed by atoms with Crippen LogP contribution >= 0.6 is 0 Å². The molecule has 6 unspecified atom stereocenters. The fraction of sp³-hybridized carbons (Fsp3) is 0.567. The number of aryl methyl sites for hydroxylation is 5. The zero-order valence-corrected chi connectivity index (χ0v) is 46.8. The first-order chi connectivity index (χ1) is 37.2. The van der Waals surface area contributed by atoms with Gasteiger partial charge in [0.05, 0.1) is 0 Å². The number of rotatable bonds is 17. The van der Waals surface area contributed by atoms with Crippen molar-refractivity contribution in [2.24, 2.45) is 46.3 Å². The average molecular weight is 1040 g/mol. The summed E-state index contributed by atoms with van der Waals surface area (Å²) in [6.07, 6.45) is 24.4. The molecule has 6 aliphatic rings. The Hall–Kier alpha value is -5.77. The molecule has 10 atom stereocenters. The van der Waals surface area contributed by atoms with Gasteiger partial charge in [-0.2, -0.15) is 0 Å². The molecule has 6 aliphatic carbocycles. The summed E-state index contributed by atoms with van der Waals surface area (Å²) in [7, 11) is 0. The number of nitrogens with one attached hydrogen (secondary N) is 3. The monoisotopic (exact) mass is 1040 g/mol. The molecular weight excluding hydrogens is 957 g/mol. The molecule has 4 saturated carbocycles. The summed E-state index contributed by atoms with van der Waals surface area (Å²) >= 11 is 0. The third kappa shape index (κ3) is 11.0. The molecule has 2 amide bonds. The number of Topliss-reactive ketones (excluding diaryl/α,β-unsaturated/α-hetero) is 2. The molecule has 10 heteroatoms. The van der Waals surface area contributed by atoms with Crippen molar-refractivity contribution in [3.63, 3.8) is 0 Å². The smallest absolute Gasteiger partial charge is 0.220 e. The molecule has 0 spiro atoms. The molecule has 3 aromatic carbocycles. The minimum absolute atomic E-state index is 0.0716. The van der Waals surface area contributed by atoms with E-state index in [9.17, 15) is 29.4 Å². The predicted molar refractivity (Wildman–Crippen MR) is 305 cm³/mol. The first-order valence-electron chi connectivity index (χ1n) is 29.9. The topological polar surface area (TPSA) is 161 Å². The summed E-state index contributed by atoms with van der Waals surface area (Å²) in [4.78, 5) is 59.4. The van der Waals surface area contributed by atoms with Crippen LogP contribution in [0, 0.1) is 53.3 Å². The number of ketones is 2. The van der Waals surface area contributed by atoms with Gasteiger partial charge in [-0.25, -0.2) is 0 Å². The molecule has 0 saturated heterocycles. The predicted octanol–water partition coefficient (Wildman–Crippen LogP) is 13.2. The maximum absolute atomic E-state index is 13.4. The number of carbonyl (C=O) groups is 4. The minimum Gasteiger partial charge on any atom is -0.508 e. The van der Waals surface area contributed by atoms with Crippen molar-refractivity contribution in [3.8, 4) is 11.5 Å². The highest BCUT2D eigenvalue weighted by Gasteiger charge is 2.60. The Labute approximate surface area is 457 Å². The lowest BCUT2D eigenvalue weighted by molar-refractivity contribution is -0.130. The number of aromatic hydroxyl groups is 2. The summed E-state index contributed by atoms with van der Waals surface area (Å²) in [5.41, 5.74) is 11.9. The van der Waals surface area contributed by atoms with Gasteiger partial charge in [0, 0.05) is 79.1 Å². The molecule has 410 valence electrons. The molecule has 4 fully saturated rings. The number of aromatic amines is 1. The molecule has 0 radical (unpaired) electrons. The lowest BCUT2D eigenvalue weighted by Crippen LogP contribution is -2.44. The molecule has 0 aliphatic heterocycles. The van der Waals surface area contributed by atoms with E-state index in [0.717, 1.165) is 126 Å². The van der Waals surface area contributed by atoms with Gasteiger partial charge in [0.25, 0.3) is 0 Å². The van der Waals surface area contributed by atoms with Crippen LogP contribution in [0.5, 0.6) is 11.5 Å². The molecule has 10 nitrogen and oxygen atoms in total. The Bertz CT molecular complexity index is 2960. The number of phenols is 2. The fourth-order valence-electron chi connectivity index (χ4n) is 16.7. The zero-order valence-electron chi connectivity index (χ0n) is 46.8. The second kappa shape index (κ2) is 23.3. The van der Waals surface area contributed by atoms with Crippen LogP contribution in [0.2, 0.25) is 0 Å². The lowest BCUT2D eigenvalue weighted by atomic mass is 9.54. The van der Waals surface area contributed by atoms with E-state index < -0.39 is 0 Å². The highest BCUT2D eigenvalue weighted by atomic mass is 16.3. The molecule has 2 heterocycles. The van der Waals surface area contributed by atoms with Crippen LogP contribution in [-0.2, 0) is 57.8 Å². The molecule has 2 aromatic heterocycles. The van der Waals surface area contributed by atoms with Crippen molar-refractivity contribution in [2.75, 3.05) is 6.54 Å². The number of carbonyl (C=O) groups excluding carboxylic acids is 4. The average Bonchev–Trinajstić information content (AvgIpc) is 4.28. The van der Waals surface area contributed by atoms with Crippen LogP contribution in [0.3, 0.4) is 0 Å². The maximum Gasteiger partial charge on any atom is 0.220 e. The number of phenolic OH excluding ortho intramolecular Hbond substituents is 2. The maximum atomic E-state index is 13.4. The SMILES string of the molecule is CCCc1cc2c(cc1O)CCC1C2CC[C@]2(C)C(=O)C[C@@H](CCCC(=O)NCCc3c[nH]c4c(C)cccc34)C12.CCCc1cc2c(cc1O)CCC1C2CC[C@]2(C)C(=O)C[C@@H](CCCC(=O)NCc3cccnc3)C12. The number of pyridine rings is 1. The summed E-state index contributed by atoms with van der Waals surface area (Å²) in [6.45, 7) is 12.0. The number of benzene rings is 3. The lowest BCUT2D eigenvalue weighted by Gasteiger charge is -2.50. The molecule has 77 heavy (non-hydrogen) atoms. The van der Waals surface area contributed by atoms with Gasteiger partial charge in [-0.3, -0.25) is 24.2 Å². The minimum atomic E-state index is -0.216. The van der Waals surface area contributed by atoms with Gasteiger partial charge in [-0.1, -0.05) is 76.9 Å². The molecular formula is C67H86N4O6. The number of nitrogens with zero attached hydrogens (tertiary/aromatic N) is 1. The van der Waals surface area contributed by atoms with Crippen molar-refractivity contribution in [1.29, 1.82) is 0 Å². The van der Waals surface area contributed by atoms with Crippen molar-refractivity contribution in [1.82, 2.24) is 20.6 Å². The Kier molecular flexibility index (Phi) is 16.5. The van der Waals surface area contributed by atoms with Gasteiger partial charge < -0.3 is 25.8 Å². The number of hydrogen-bond donors (Lipinski definition) is 5. The van der Waals surface area contributed by atoms with Gasteiger partial charge in [0.15, 0.2) is 0 Å². The molecule has 5 N–H and O–H groups in total. The second-order valence-electron chi connectivity index (χ2n) is 25.0. The number of H-pyrrole nitrogens is 1. The van der Waals surface area contributed by atoms with Crippen molar-refractivity contribution in [3.05, 3.63) is 123 Å². The third-order valence-electron chi connectivity index (χ3n) is 20.5. The van der Waals surface area contributed by atoms with E-state index in [2.05, 4.69) is 91.7 Å².